The zero-order valence-corrected chi connectivity index (χ0v) is 9.76. The molecule has 1 atom stereocenters. The number of imide groups is 1. The number of aliphatic carboxylic acids is 1. The lowest BCUT2D eigenvalue weighted by Crippen LogP contribution is -2.41. The molecule has 94 valence electrons. The zero-order chi connectivity index (χ0) is 12.6. The number of carbonyl (C=O) groups is 3. The van der Waals surface area contributed by atoms with E-state index in [0.717, 1.165) is 12.8 Å². The largest absolute Gasteiger partial charge is 0.481 e. The van der Waals surface area contributed by atoms with E-state index in [0.29, 0.717) is 0 Å². The van der Waals surface area contributed by atoms with E-state index in [1.54, 1.807) is 11.9 Å². The Hall–Kier alpha value is -1.43. The maximum atomic E-state index is 12.0. The minimum absolute atomic E-state index is 0.0160. The van der Waals surface area contributed by atoms with Crippen LogP contribution < -0.4 is 0 Å². The summed E-state index contributed by atoms with van der Waals surface area (Å²) in [6.07, 6.45) is 1.98. The van der Waals surface area contributed by atoms with Crippen molar-refractivity contribution in [1.29, 1.82) is 0 Å². The Kier molecular flexibility index (Phi) is 3.15. The first-order chi connectivity index (χ1) is 8.00. The highest BCUT2D eigenvalue weighted by Crippen LogP contribution is 2.32. The molecule has 0 radical (unpaired) electrons. The molecule has 1 saturated heterocycles. The van der Waals surface area contributed by atoms with Gasteiger partial charge in [-0.1, -0.05) is 0 Å². The summed E-state index contributed by atoms with van der Waals surface area (Å²) in [4.78, 5) is 37.2. The summed E-state index contributed by atoms with van der Waals surface area (Å²) >= 11 is 0. The first-order valence-electron chi connectivity index (χ1n) is 5.78. The molecule has 0 bridgehead atoms. The summed E-state index contributed by atoms with van der Waals surface area (Å²) in [6, 6.07) is -0.365. The molecule has 1 aliphatic carbocycles. The lowest BCUT2D eigenvalue weighted by Gasteiger charge is -2.21. The van der Waals surface area contributed by atoms with E-state index in [-0.39, 0.29) is 37.2 Å². The Morgan fingerprint density at radius 2 is 2.12 bits per heavy atom. The van der Waals surface area contributed by atoms with Crippen LogP contribution in [-0.2, 0) is 14.4 Å². The van der Waals surface area contributed by atoms with Crippen molar-refractivity contribution in [2.45, 2.75) is 37.8 Å². The molecule has 2 rings (SSSR count). The Labute approximate surface area is 99.2 Å². The van der Waals surface area contributed by atoms with Crippen LogP contribution in [0.25, 0.3) is 0 Å². The lowest BCUT2D eigenvalue weighted by atomic mass is 10.2. The van der Waals surface area contributed by atoms with Gasteiger partial charge in [0.2, 0.25) is 11.8 Å². The average molecular weight is 240 g/mol. The molecule has 17 heavy (non-hydrogen) atoms. The van der Waals surface area contributed by atoms with Gasteiger partial charge in [0.25, 0.3) is 0 Å². The fraction of sp³-hybridized carbons (Fsp3) is 0.727. The molecule has 2 fully saturated rings. The van der Waals surface area contributed by atoms with Crippen LogP contribution in [0.1, 0.15) is 25.7 Å². The van der Waals surface area contributed by atoms with E-state index in [2.05, 4.69) is 0 Å². The van der Waals surface area contributed by atoms with E-state index in [1.807, 2.05) is 0 Å². The van der Waals surface area contributed by atoms with Gasteiger partial charge in [-0.3, -0.25) is 24.2 Å². The topological polar surface area (TPSA) is 77.9 Å². The molecule has 1 saturated carbocycles. The predicted octanol–water partition coefficient (Wildman–Crippen LogP) is -0.317. The van der Waals surface area contributed by atoms with Gasteiger partial charge in [0.1, 0.15) is 0 Å². The summed E-state index contributed by atoms with van der Waals surface area (Å²) in [5.74, 6) is -1.18. The SMILES string of the molecule is CN(CCC(=O)O)C1CC(=O)N(C2CC2)C1=O. The van der Waals surface area contributed by atoms with Gasteiger partial charge in [-0.05, 0) is 19.9 Å². The second-order valence-electron chi connectivity index (χ2n) is 4.68. The molecule has 0 aromatic heterocycles. The molecule has 0 aromatic rings. The van der Waals surface area contributed by atoms with E-state index < -0.39 is 12.0 Å². The zero-order valence-electron chi connectivity index (χ0n) is 9.76. The number of likely N-dealkylation sites (N-methyl/N-ethyl adjacent to an activating group) is 1. The van der Waals surface area contributed by atoms with Crippen molar-refractivity contribution in [2.24, 2.45) is 0 Å². The van der Waals surface area contributed by atoms with Crippen LogP contribution in [0, 0.1) is 0 Å². The first kappa shape index (κ1) is 12.0. The maximum absolute atomic E-state index is 12.0. The van der Waals surface area contributed by atoms with Crippen LogP contribution in [0.3, 0.4) is 0 Å². The van der Waals surface area contributed by atoms with E-state index >= 15 is 0 Å². The second-order valence-corrected chi connectivity index (χ2v) is 4.68. The van der Waals surface area contributed by atoms with Crippen molar-refractivity contribution in [2.75, 3.05) is 13.6 Å². The molecule has 0 aromatic carbocycles. The van der Waals surface area contributed by atoms with Crippen molar-refractivity contribution < 1.29 is 19.5 Å². The summed E-state index contributed by atoms with van der Waals surface area (Å²) in [7, 11) is 1.69. The third-order valence-corrected chi connectivity index (χ3v) is 3.28. The molecular formula is C11H16N2O4. The number of rotatable bonds is 5. The van der Waals surface area contributed by atoms with Gasteiger partial charge in [0, 0.05) is 12.6 Å². The summed E-state index contributed by atoms with van der Waals surface area (Å²) in [5, 5.41) is 8.58. The number of nitrogens with zero attached hydrogens (tertiary/aromatic N) is 2. The second kappa shape index (κ2) is 4.44. The Balaban J connectivity index is 1.95. The minimum atomic E-state index is -0.896. The smallest absolute Gasteiger partial charge is 0.304 e. The Morgan fingerprint density at radius 1 is 1.47 bits per heavy atom. The maximum Gasteiger partial charge on any atom is 0.304 e. The van der Waals surface area contributed by atoms with Crippen molar-refractivity contribution in [3.8, 4) is 0 Å². The number of amides is 2. The highest BCUT2D eigenvalue weighted by atomic mass is 16.4. The van der Waals surface area contributed by atoms with Crippen molar-refractivity contribution in [1.82, 2.24) is 9.80 Å². The van der Waals surface area contributed by atoms with Crippen LogP contribution >= 0.6 is 0 Å². The predicted molar refractivity (Wildman–Crippen MR) is 58.2 cm³/mol. The molecule has 1 heterocycles. The highest BCUT2D eigenvalue weighted by molar-refractivity contribution is 6.06. The summed E-state index contributed by atoms with van der Waals surface area (Å²) < 4.78 is 0. The molecule has 2 aliphatic rings. The number of carboxylic acid groups (broad SMARTS) is 1. The van der Waals surface area contributed by atoms with Gasteiger partial charge >= 0.3 is 5.97 Å². The van der Waals surface area contributed by atoms with Gasteiger partial charge in [0.15, 0.2) is 0 Å². The molecule has 1 aliphatic heterocycles. The third-order valence-electron chi connectivity index (χ3n) is 3.28. The molecule has 6 nitrogen and oxygen atoms in total. The van der Waals surface area contributed by atoms with Crippen LogP contribution in [0.15, 0.2) is 0 Å². The number of hydrogen-bond donors (Lipinski definition) is 1. The van der Waals surface area contributed by atoms with Gasteiger partial charge < -0.3 is 5.11 Å². The monoisotopic (exact) mass is 240 g/mol. The van der Waals surface area contributed by atoms with Crippen LogP contribution in [0.4, 0.5) is 0 Å². The highest BCUT2D eigenvalue weighted by Gasteiger charge is 2.47. The minimum Gasteiger partial charge on any atom is -0.481 e. The standard InChI is InChI=1S/C11H16N2O4/c1-12(5-4-10(15)16)8-6-9(14)13(11(8)17)7-2-3-7/h7-8H,2-6H2,1H3,(H,15,16). The molecule has 0 spiro atoms. The lowest BCUT2D eigenvalue weighted by molar-refractivity contribution is -0.141. The van der Waals surface area contributed by atoms with Gasteiger partial charge in [-0.25, -0.2) is 0 Å². The average Bonchev–Trinajstić information content (AvgIpc) is 3.03. The van der Waals surface area contributed by atoms with Crippen LogP contribution in [0.2, 0.25) is 0 Å². The normalized spacial score (nSPS) is 24.8. The van der Waals surface area contributed by atoms with Gasteiger partial charge in [0.05, 0.1) is 18.9 Å². The third kappa shape index (κ3) is 2.46. The fourth-order valence-electron chi connectivity index (χ4n) is 2.12. The molecule has 6 heteroatoms. The van der Waals surface area contributed by atoms with E-state index in [4.69, 9.17) is 5.11 Å². The molecule has 1 N–H and O–H groups in total. The number of hydrogen-bond acceptors (Lipinski definition) is 4. The van der Waals surface area contributed by atoms with E-state index in [1.165, 1.54) is 4.90 Å². The van der Waals surface area contributed by atoms with Crippen LogP contribution in [0.5, 0.6) is 0 Å². The first-order valence-corrected chi connectivity index (χ1v) is 5.78. The molecular weight excluding hydrogens is 224 g/mol. The summed E-state index contributed by atoms with van der Waals surface area (Å²) in [5.41, 5.74) is 0. The molecule has 2 amide bonds. The number of likely N-dealkylation sites (tertiary alicyclic amines) is 1. The Morgan fingerprint density at radius 3 is 2.65 bits per heavy atom. The van der Waals surface area contributed by atoms with Crippen molar-refractivity contribution in [3.05, 3.63) is 0 Å². The van der Waals surface area contributed by atoms with Crippen molar-refractivity contribution >= 4 is 17.8 Å². The van der Waals surface area contributed by atoms with Crippen molar-refractivity contribution in [3.63, 3.8) is 0 Å². The fourth-order valence-corrected chi connectivity index (χ4v) is 2.12. The summed E-state index contributed by atoms with van der Waals surface area (Å²) in [6.45, 7) is 0.289. The number of carbonyl (C=O) groups excluding carboxylic acids is 2. The van der Waals surface area contributed by atoms with Gasteiger partial charge in [-0.15, -0.1) is 0 Å². The Bertz CT molecular complexity index is 364. The quantitative estimate of drug-likeness (QED) is 0.666. The van der Waals surface area contributed by atoms with E-state index in [9.17, 15) is 14.4 Å². The molecule has 1 unspecified atom stereocenters. The van der Waals surface area contributed by atoms with Gasteiger partial charge in [-0.2, -0.15) is 0 Å². The van der Waals surface area contributed by atoms with Crippen LogP contribution in [-0.4, -0.2) is 58.4 Å². The number of carboxylic acids is 1.